The first-order valence-electron chi connectivity index (χ1n) is 7.07. The number of rotatable bonds is 3. The highest BCUT2D eigenvalue weighted by atomic mass is 16.2. The second-order valence-electron chi connectivity index (χ2n) is 5.54. The highest BCUT2D eigenvalue weighted by molar-refractivity contribution is 5.96. The summed E-state index contributed by atoms with van der Waals surface area (Å²) >= 11 is 0. The van der Waals surface area contributed by atoms with Gasteiger partial charge < -0.3 is 10.6 Å². The fourth-order valence-electron chi connectivity index (χ4n) is 2.83. The first-order chi connectivity index (χ1) is 9.58. The molecule has 1 aliphatic rings. The normalized spacial score (nSPS) is 23.9. The first kappa shape index (κ1) is 14.5. The number of carbonyl (C=O) groups is 2. The molecule has 108 valence electrons. The molecule has 4 N–H and O–H groups in total. The predicted octanol–water partition coefficient (Wildman–Crippen LogP) is 0.237. The third-order valence-electron chi connectivity index (χ3n) is 3.97. The van der Waals surface area contributed by atoms with Crippen LogP contribution in [0.4, 0.5) is 4.79 Å². The highest BCUT2D eigenvalue weighted by Gasteiger charge is 2.34. The smallest absolute Gasteiger partial charge is 0.319 e. The topological polar surface area (TPSA) is 76.6 Å². The molecule has 0 bridgehead atoms. The van der Waals surface area contributed by atoms with Gasteiger partial charge in [0, 0.05) is 5.56 Å². The van der Waals surface area contributed by atoms with Gasteiger partial charge in [0.2, 0.25) is 0 Å². The molecular weight excluding hydrogens is 254 g/mol. The fraction of sp³-hybridized carbons (Fsp3) is 0.467. The third-order valence-corrected chi connectivity index (χ3v) is 3.97. The monoisotopic (exact) mass is 276 g/mol. The Bertz CT molecular complexity index is 467. The van der Waals surface area contributed by atoms with Crippen molar-refractivity contribution in [1.82, 2.24) is 5.32 Å². The number of hydrogen-bond donors (Lipinski definition) is 3. The molecule has 0 spiro atoms. The second-order valence-corrected chi connectivity index (χ2v) is 5.54. The number of nitrogens with one attached hydrogen (secondary N) is 2. The van der Waals surface area contributed by atoms with E-state index in [9.17, 15) is 9.59 Å². The van der Waals surface area contributed by atoms with Gasteiger partial charge in [0.1, 0.15) is 0 Å². The van der Waals surface area contributed by atoms with E-state index in [1.165, 1.54) is 4.90 Å². The molecule has 3 amide bonds. The lowest BCUT2D eigenvalue weighted by Gasteiger charge is -2.32. The van der Waals surface area contributed by atoms with Crippen LogP contribution in [0.25, 0.3) is 0 Å². The van der Waals surface area contributed by atoms with E-state index in [1.54, 1.807) is 0 Å². The van der Waals surface area contributed by atoms with Gasteiger partial charge in [0.05, 0.1) is 13.1 Å². The molecule has 2 rings (SSSR count). The number of primary amides is 1. The van der Waals surface area contributed by atoms with E-state index in [2.05, 4.69) is 12.2 Å². The molecule has 1 fully saturated rings. The number of amides is 3. The SMILES string of the molecule is CC1CC[NH+]([C@H](C(=O)NC(N)=O)c2ccccc2)CC1. The standard InChI is InChI=1S/C15H21N3O2/c1-11-7-9-18(10-8-11)13(14(19)17-15(16)20)12-5-3-2-4-6-12/h2-6,11,13H,7-10H2,1H3,(H3,16,17,19,20)/p+1/t13-/m0/s1. The van der Waals surface area contributed by atoms with Crippen LogP contribution in [0.5, 0.6) is 0 Å². The van der Waals surface area contributed by atoms with Gasteiger partial charge in [-0.3, -0.25) is 10.1 Å². The minimum Gasteiger partial charge on any atom is -0.351 e. The number of likely N-dealkylation sites (tertiary alicyclic amines) is 1. The molecule has 0 radical (unpaired) electrons. The van der Waals surface area contributed by atoms with Crippen LogP contribution in [-0.4, -0.2) is 25.0 Å². The summed E-state index contributed by atoms with van der Waals surface area (Å²) in [7, 11) is 0. The minimum absolute atomic E-state index is 0.312. The van der Waals surface area contributed by atoms with Gasteiger partial charge in [-0.1, -0.05) is 37.3 Å². The fourth-order valence-corrected chi connectivity index (χ4v) is 2.83. The lowest BCUT2D eigenvalue weighted by Crippen LogP contribution is -3.14. The van der Waals surface area contributed by atoms with E-state index in [-0.39, 0.29) is 11.9 Å². The van der Waals surface area contributed by atoms with Crippen LogP contribution in [-0.2, 0) is 4.79 Å². The second kappa shape index (κ2) is 6.52. The van der Waals surface area contributed by atoms with Gasteiger partial charge in [0.15, 0.2) is 6.04 Å². The minimum atomic E-state index is -0.791. The van der Waals surface area contributed by atoms with Gasteiger partial charge in [0.25, 0.3) is 5.91 Å². The van der Waals surface area contributed by atoms with Crippen molar-refractivity contribution in [3.8, 4) is 0 Å². The van der Waals surface area contributed by atoms with Crippen LogP contribution < -0.4 is 16.0 Å². The molecule has 1 aromatic rings. The lowest BCUT2D eigenvalue weighted by atomic mass is 9.95. The van der Waals surface area contributed by atoms with Crippen molar-refractivity contribution < 1.29 is 14.5 Å². The Morgan fingerprint density at radius 1 is 1.25 bits per heavy atom. The van der Waals surface area contributed by atoms with Crippen molar-refractivity contribution in [3.63, 3.8) is 0 Å². The van der Waals surface area contributed by atoms with Crippen LogP contribution in [0.1, 0.15) is 31.4 Å². The van der Waals surface area contributed by atoms with Crippen molar-refractivity contribution in [2.45, 2.75) is 25.8 Å². The van der Waals surface area contributed by atoms with E-state index in [0.29, 0.717) is 5.92 Å². The van der Waals surface area contributed by atoms with E-state index >= 15 is 0 Å². The molecule has 0 aliphatic carbocycles. The summed E-state index contributed by atoms with van der Waals surface area (Å²) in [4.78, 5) is 24.5. The summed E-state index contributed by atoms with van der Waals surface area (Å²) in [5.41, 5.74) is 6.01. The van der Waals surface area contributed by atoms with Crippen LogP contribution in [0, 0.1) is 5.92 Å². The zero-order valence-corrected chi connectivity index (χ0v) is 11.8. The largest absolute Gasteiger partial charge is 0.351 e. The maximum atomic E-state index is 12.3. The molecule has 0 unspecified atom stereocenters. The zero-order valence-electron chi connectivity index (χ0n) is 11.8. The van der Waals surface area contributed by atoms with Crippen LogP contribution in [0.3, 0.4) is 0 Å². The number of carbonyl (C=O) groups excluding carboxylic acids is 2. The summed E-state index contributed by atoms with van der Waals surface area (Å²) in [6.45, 7) is 4.11. The van der Waals surface area contributed by atoms with Crippen molar-refractivity contribution in [3.05, 3.63) is 35.9 Å². The molecule has 20 heavy (non-hydrogen) atoms. The van der Waals surface area contributed by atoms with E-state index in [0.717, 1.165) is 31.5 Å². The Kier molecular flexibility index (Phi) is 4.74. The van der Waals surface area contributed by atoms with Gasteiger partial charge in [-0.2, -0.15) is 0 Å². The van der Waals surface area contributed by atoms with Gasteiger partial charge >= 0.3 is 6.03 Å². The Hall–Kier alpha value is -1.88. The summed E-state index contributed by atoms with van der Waals surface area (Å²) in [6, 6.07) is 8.43. The quantitative estimate of drug-likeness (QED) is 0.739. The Morgan fingerprint density at radius 3 is 2.40 bits per heavy atom. The van der Waals surface area contributed by atoms with E-state index in [4.69, 9.17) is 5.73 Å². The average molecular weight is 276 g/mol. The summed E-state index contributed by atoms with van der Waals surface area (Å²) in [6.07, 6.45) is 2.20. The lowest BCUT2D eigenvalue weighted by molar-refractivity contribution is -0.927. The maximum absolute atomic E-state index is 12.3. The number of piperidine rings is 1. The molecular formula is C15H22N3O2+. The Morgan fingerprint density at radius 2 is 1.85 bits per heavy atom. The number of nitrogens with two attached hydrogens (primary N) is 1. The van der Waals surface area contributed by atoms with Crippen LogP contribution in [0.15, 0.2) is 30.3 Å². The van der Waals surface area contributed by atoms with Crippen molar-refractivity contribution in [2.75, 3.05) is 13.1 Å². The predicted molar refractivity (Wildman–Crippen MR) is 76.0 cm³/mol. The molecule has 1 saturated heterocycles. The molecule has 5 nitrogen and oxygen atoms in total. The molecule has 0 saturated carbocycles. The maximum Gasteiger partial charge on any atom is 0.319 e. The molecule has 0 aromatic heterocycles. The summed E-state index contributed by atoms with van der Waals surface area (Å²) < 4.78 is 0. The summed E-state index contributed by atoms with van der Waals surface area (Å²) in [5, 5.41) is 2.23. The zero-order chi connectivity index (χ0) is 14.5. The molecule has 1 atom stereocenters. The molecule has 1 aliphatic heterocycles. The first-order valence-corrected chi connectivity index (χ1v) is 7.07. The number of urea groups is 1. The van der Waals surface area contributed by atoms with E-state index < -0.39 is 6.03 Å². The molecule has 1 heterocycles. The van der Waals surface area contributed by atoms with Crippen LogP contribution >= 0.6 is 0 Å². The van der Waals surface area contributed by atoms with Crippen molar-refractivity contribution in [2.24, 2.45) is 11.7 Å². The van der Waals surface area contributed by atoms with Gasteiger partial charge in [-0.15, -0.1) is 0 Å². The average Bonchev–Trinajstić information content (AvgIpc) is 2.42. The number of imide groups is 1. The van der Waals surface area contributed by atoms with E-state index in [1.807, 2.05) is 30.3 Å². The van der Waals surface area contributed by atoms with Gasteiger partial charge in [-0.05, 0) is 18.8 Å². The number of quaternary nitrogens is 1. The van der Waals surface area contributed by atoms with Crippen molar-refractivity contribution in [1.29, 1.82) is 0 Å². The Labute approximate surface area is 119 Å². The van der Waals surface area contributed by atoms with Crippen LogP contribution in [0.2, 0.25) is 0 Å². The van der Waals surface area contributed by atoms with Crippen molar-refractivity contribution >= 4 is 11.9 Å². The van der Waals surface area contributed by atoms with Gasteiger partial charge in [-0.25, -0.2) is 4.79 Å². The third kappa shape index (κ3) is 3.57. The number of benzene rings is 1. The highest BCUT2D eigenvalue weighted by Crippen LogP contribution is 2.14. The Balaban J connectivity index is 2.20. The molecule has 5 heteroatoms. The summed E-state index contributed by atoms with van der Waals surface area (Å²) in [5.74, 6) is 0.391. The number of hydrogen-bond acceptors (Lipinski definition) is 2. The molecule has 1 aromatic carbocycles.